The van der Waals surface area contributed by atoms with Crippen LogP contribution in [-0.4, -0.2) is 6.54 Å². The summed E-state index contributed by atoms with van der Waals surface area (Å²) in [4.78, 5) is 0. The zero-order chi connectivity index (χ0) is 13.6. The van der Waals surface area contributed by atoms with Crippen molar-refractivity contribution >= 4 is 0 Å². The molecule has 0 aliphatic heterocycles. The molecule has 0 saturated carbocycles. The van der Waals surface area contributed by atoms with Gasteiger partial charge in [0, 0.05) is 6.54 Å². The van der Waals surface area contributed by atoms with E-state index in [0.717, 1.165) is 18.6 Å². The molecule has 0 aliphatic carbocycles. The molecule has 0 aromatic heterocycles. The minimum Gasteiger partial charge on any atom is -0.312 e. The van der Waals surface area contributed by atoms with Gasteiger partial charge in [-0.3, -0.25) is 0 Å². The number of benzene rings is 1. The third-order valence-electron chi connectivity index (χ3n) is 2.39. The van der Waals surface area contributed by atoms with Gasteiger partial charge in [0.25, 0.3) is 0 Å². The second-order valence-corrected chi connectivity index (χ2v) is 3.85. The third-order valence-corrected chi connectivity index (χ3v) is 2.39. The first kappa shape index (κ1) is 14.7. The van der Waals surface area contributed by atoms with E-state index in [0.29, 0.717) is 18.7 Å². The quantitative estimate of drug-likeness (QED) is 0.481. The molecule has 1 aromatic carbocycles. The summed E-state index contributed by atoms with van der Waals surface area (Å²) in [6, 6.07) is 3.05. The monoisotopic (exact) mass is 261 g/mol. The van der Waals surface area contributed by atoms with Gasteiger partial charge in [0.2, 0.25) is 0 Å². The van der Waals surface area contributed by atoms with E-state index in [4.69, 9.17) is 0 Å². The molecule has 5 heteroatoms. The van der Waals surface area contributed by atoms with Crippen LogP contribution in [0.25, 0.3) is 0 Å². The van der Waals surface area contributed by atoms with Crippen molar-refractivity contribution in [1.29, 1.82) is 0 Å². The van der Waals surface area contributed by atoms with Crippen molar-refractivity contribution in [2.45, 2.75) is 26.1 Å². The molecule has 1 nitrogen and oxygen atoms in total. The van der Waals surface area contributed by atoms with Gasteiger partial charge >= 0.3 is 6.18 Å². The van der Waals surface area contributed by atoms with Gasteiger partial charge in [-0.05, 0) is 37.6 Å². The number of hydrogen-bond acceptors (Lipinski definition) is 1. The Kier molecular flexibility index (Phi) is 5.34. The topological polar surface area (TPSA) is 12.0 Å². The highest BCUT2D eigenvalue weighted by Gasteiger charge is 2.34. The molecule has 0 radical (unpaired) electrons. The molecule has 1 N–H and O–H groups in total. The molecule has 0 bridgehead atoms. The van der Waals surface area contributed by atoms with Crippen LogP contribution in [0, 0.1) is 5.82 Å². The molecule has 0 unspecified atom stereocenters. The maximum absolute atomic E-state index is 13.0. The van der Waals surface area contributed by atoms with E-state index in [1.54, 1.807) is 0 Å². The number of alkyl halides is 3. The lowest BCUT2D eigenvalue weighted by Gasteiger charge is -2.10. The summed E-state index contributed by atoms with van der Waals surface area (Å²) in [6.07, 6.45) is 0.0228. The van der Waals surface area contributed by atoms with Gasteiger partial charge in [0.1, 0.15) is 5.82 Å². The molecule has 0 atom stereocenters. The Bertz CT molecular complexity index is 410. The lowest BCUT2D eigenvalue weighted by atomic mass is 10.1. The zero-order valence-corrected chi connectivity index (χ0v) is 10.0. The third kappa shape index (κ3) is 4.49. The number of nitrogens with one attached hydrogen (secondary N) is 1. The van der Waals surface area contributed by atoms with Crippen molar-refractivity contribution in [1.82, 2.24) is 5.32 Å². The van der Waals surface area contributed by atoms with Gasteiger partial charge in [-0.25, -0.2) is 4.39 Å². The molecule has 0 fully saturated rings. The average molecular weight is 261 g/mol. The van der Waals surface area contributed by atoms with Crippen LogP contribution < -0.4 is 5.32 Å². The minimum absolute atomic E-state index is 0.293. The first-order chi connectivity index (χ1) is 8.45. The van der Waals surface area contributed by atoms with E-state index >= 15 is 0 Å². The fourth-order valence-electron chi connectivity index (χ4n) is 1.48. The second-order valence-electron chi connectivity index (χ2n) is 3.85. The molecular weight excluding hydrogens is 246 g/mol. The summed E-state index contributed by atoms with van der Waals surface area (Å²) in [7, 11) is 0. The Morgan fingerprint density at radius 3 is 2.61 bits per heavy atom. The van der Waals surface area contributed by atoms with E-state index < -0.39 is 17.6 Å². The van der Waals surface area contributed by atoms with Gasteiger partial charge in [0.05, 0.1) is 5.56 Å². The van der Waals surface area contributed by atoms with Crippen LogP contribution in [0.15, 0.2) is 30.4 Å². The van der Waals surface area contributed by atoms with Crippen LogP contribution >= 0.6 is 0 Å². The highest BCUT2D eigenvalue weighted by atomic mass is 19.4. The van der Waals surface area contributed by atoms with E-state index in [-0.39, 0.29) is 0 Å². The summed E-state index contributed by atoms with van der Waals surface area (Å²) < 4.78 is 50.3. The minimum atomic E-state index is -4.65. The van der Waals surface area contributed by atoms with Crippen LogP contribution in [0.1, 0.15) is 24.5 Å². The number of halogens is 4. The Balaban J connectivity index is 2.62. The Morgan fingerprint density at radius 2 is 2.00 bits per heavy atom. The van der Waals surface area contributed by atoms with Crippen LogP contribution in [0.3, 0.4) is 0 Å². The normalized spacial score (nSPS) is 12.3. The first-order valence-electron chi connectivity index (χ1n) is 5.62. The van der Waals surface area contributed by atoms with Crippen LogP contribution in [-0.2, 0) is 12.7 Å². The molecule has 18 heavy (non-hydrogen) atoms. The smallest absolute Gasteiger partial charge is 0.312 e. The van der Waals surface area contributed by atoms with Crippen molar-refractivity contribution in [2.24, 2.45) is 0 Å². The fraction of sp³-hybridized carbons (Fsp3) is 0.385. The van der Waals surface area contributed by atoms with E-state index in [9.17, 15) is 17.6 Å². The Labute approximate surface area is 104 Å². The fourth-order valence-corrected chi connectivity index (χ4v) is 1.48. The maximum atomic E-state index is 13.0. The maximum Gasteiger partial charge on any atom is 0.419 e. The van der Waals surface area contributed by atoms with Crippen molar-refractivity contribution in [3.05, 3.63) is 47.3 Å². The van der Waals surface area contributed by atoms with Crippen molar-refractivity contribution in [3.8, 4) is 0 Å². The molecule has 1 rings (SSSR count). The van der Waals surface area contributed by atoms with E-state index in [1.807, 2.05) is 19.1 Å². The molecule has 0 heterocycles. The first-order valence-corrected chi connectivity index (χ1v) is 5.62. The molecule has 1 aromatic rings. The van der Waals surface area contributed by atoms with Crippen LogP contribution in [0.2, 0.25) is 0 Å². The summed E-state index contributed by atoms with van der Waals surface area (Å²) in [5.74, 6) is -1.24. The number of hydrogen-bond donors (Lipinski definition) is 1. The molecule has 100 valence electrons. The summed E-state index contributed by atoms with van der Waals surface area (Å²) >= 11 is 0. The molecule has 0 aliphatic rings. The lowest BCUT2D eigenvalue weighted by Crippen LogP contribution is -2.15. The summed E-state index contributed by atoms with van der Waals surface area (Å²) in [5, 5.41) is 2.99. The largest absolute Gasteiger partial charge is 0.419 e. The number of allylic oxidation sites excluding steroid dienone is 1. The molecule has 0 amide bonds. The summed E-state index contributed by atoms with van der Waals surface area (Å²) in [6.45, 7) is 2.86. The lowest BCUT2D eigenvalue weighted by molar-refractivity contribution is -0.140. The highest BCUT2D eigenvalue weighted by Crippen LogP contribution is 2.31. The molecular formula is C13H15F4N. The SMILES string of the molecule is C/C=C/CCNCc1ccc(F)c(C(F)(F)F)c1. The van der Waals surface area contributed by atoms with Crippen LogP contribution in [0.5, 0.6) is 0 Å². The van der Waals surface area contributed by atoms with Crippen molar-refractivity contribution < 1.29 is 17.6 Å². The molecule has 0 spiro atoms. The van der Waals surface area contributed by atoms with Crippen molar-refractivity contribution in [3.63, 3.8) is 0 Å². The molecule has 0 saturated heterocycles. The highest BCUT2D eigenvalue weighted by molar-refractivity contribution is 5.27. The van der Waals surface area contributed by atoms with Gasteiger partial charge in [-0.2, -0.15) is 13.2 Å². The van der Waals surface area contributed by atoms with Gasteiger partial charge in [0.15, 0.2) is 0 Å². The van der Waals surface area contributed by atoms with Gasteiger partial charge in [-0.15, -0.1) is 0 Å². The average Bonchev–Trinajstić information content (AvgIpc) is 2.29. The van der Waals surface area contributed by atoms with Gasteiger partial charge in [-0.1, -0.05) is 18.2 Å². The second kappa shape index (κ2) is 6.54. The standard InChI is InChI=1S/C13H15F4N/c1-2-3-4-7-18-9-10-5-6-12(14)11(8-10)13(15,16)17/h2-3,5-6,8,18H,4,7,9H2,1H3/b3-2+. The predicted octanol–water partition coefficient (Wildman–Crippen LogP) is 3.90. The Morgan fingerprint density at radius 1 is 1.28 bits per heavy atom. The van der Waals surface area contributed by atoms with E-state index in [1.165, 1.54) is 6.07 Å². The van der Waals surface area contributed by atoms with Crippen molar-refractivity contribution in [2.75, 3.05) is 6.54 Å². The van der Waals surface area contributed by atoms with Crippen LogP contribution in [0.4, 0.5) is 17.6 Å². The van der Waals surface area contributed by atoms with E-state index in [2.05, 4.69) is 5.32 Å². The summed E-state index contributed by atoms with van der Waals surface area (Å²) in [5.41, 5.74) is -0.792. The Hall–Kier alpha value is -1.36. The predicted molar refractivity (Wildman–Crippen MR) is 62.5 cm³/mol. The van der Waals surface area contributed by atoms with Gasteiger partial charge < -0.3 is 5.32 Å². The number of rotatable bonds is 5. The zero-order valence-electron chi connectivity index (χ0n) is 10.0.